The summed E-state index contributed by atoms with van der Waals surface area (Å²) in [4.78, 5) is 34.9. The molecule has 2 amide bonds. The number of amides is 2. The highest BCUT2D eigenvalue weighted by Gasteiger charge is 2.13. The number of fused-ring (bicyclic) bond motifs is 1. The van der Waals surface area contributed by atoms with E-state index >= 15 is 0 Å². The summed E-state index contributed by atoms with van der Waals surface area (Å²) in [6.07, 6.45) is 1.06. The first-order valence-corrected chi connectivity index (χ1v) is 10.0. The third-order valence-electron chi connectivity index (χ3n) is 5.00. The first kappa shape index (κ1) is 21.0. The average molecular weight is 430 g/mol. The van der Waals surface area contributed by atoms with Crippen LogP contribution in [-0.4, -0.2) is 32.0 Å². The van der Waals surface area contributed by atoms with Crippen LogP contribution in [0.15, 0.2) is 67.0 Å². The largest absolute Gasteiger partial charge is 0.363 e. The van der Waals surface area contributed by atoms with Crippen LogP contribution in [0, 0.1) is 0 Å². The zero-order valence-corrected chi connectivity index (χ0v) is 17.3. The smallest absolute Gasteiger partial charge is 0.252 e. The van der Waals surface area contributed by atoms with Crippen molar-refractivity contribution in [1.29, 1.82) is 0 Å². The van der Waals surface area contributed by atoms with Crippen LogP contribution in [-0.2, 0) is 9.59 Å². The number of H-pyrrole nitrogens is 1. The Hall–Kier alpha value is -4.24. The van der Waals surface area contributed by atoms with E-state index in [1.165, 1.54) is 11.8 Å². The molecule has 0 fully saturated rings. The van der Waals surface area contributed by atoms with Gasteiger partial charge in [0, 0.05) is 17.4 Å². The number of rotatable bonds is 7. The van der Waals surface area contributed by atoms with E-state index in [2.05, 4.69) is 44.6 Å². The molecular weight excluding hydrogens is 408 g/mol. The molecular formula is C23H22N6O3. The predicted octanol–water partition coefficient (Wildman–Crippen LogP) is 3.63. The van der Waals surface area contributed by atoms with Crippen molar-refractivity contribution in [3.8, 4) is 11.3 Å². The molecule has 5 N–H and O–H groups in total. The number of hydrogen-bond acceptors (Lipinski definition) is 6. The average Bonchev–Trinajstić information content (AvgIpc) is 3.25. The van der Waals surface area contributed by atoms with Crippen LogP contribution < -0.4 is 16.1 Å². The highest BCUT2D eigenvalue weighted by molar-refractivity contribution is 6.03. The molecule has 0 spiro atoms. The van der Waals surface area contributed by atoms with E-state index in [4.69, 9.17) is 5.21 Å². The number of hydrogen-bond donors (Lipinski definition) is 5. The van der Waals surface area contributed by atoms with Crippen molar-refractivity contribution >= 4 is 34.4 Å². The molecule has 162 valence electrons. The minimum atomic E-state index is -0.774. The number of nitrogens with one attached hydrogen (secondary N) is 4. The molecule has 2 aromatic carbocycles. The lowest BCUT2D eigenvalue weighted by atomic mass is 10.1. The second-order valence-electron chi connectivity index (χ2n) is 7.28. The molecule has 2 heterocycles. The van der Waals surface area contributed by atoms with Gasteiger partial charge >= 0.3 is 0 Å². The van der Waals surface area contributed by atoms with Crippen molar-refractivity contribution in [2.24, 2.45) is 0 Å². The van der Waals surface area contributed by atoms with Crippen LogP contribution in [0.1, 0.15) is 24.9 Å². The number of aromatic amines is 1. The number of benzene rings is 2. The highest BCUT2D eigenvalue weighted by atomic mass is 16.5. The van der Waals surface area contributed by atoms with Crippen molar-refractivity contribution in [3.05, 3.63) is 72.6 Å². The Morgan fingerprint density at radius 1 is 1.03 bits per heavy atom. The van der Waals surface area contributed by atoms with Gasteiger partial charge in [-0.2, -0.15) is 0 Å². The summed E-state index contributed by atoms with van der Waals surface area (Å²) in [5.74, 6) is -0.558. The van der Waals surface area contributed by atoms with Crippen LogP contribution in [0.2, 0.25) is 0 Å². The Morgan fingerprint density at radius 3 is 2.50 bits per heavy atom. The second kappa shape index (κ2) is 9.27. The number of carbonyl (C=O) groups is 2. The topological polar surface area (TPSA) is 132 Å². The van der Waals surface area contributed by atoms with Crippen molar-refractivity contribution in [3.63, 3.8) is 0 Å². The van der Waals surface area contributed by atoms with Gasteiger partial charge in [0.2, 0.25) is 5.91 Å². The molecule has 9 heteroatoms. The normalized spacial score (nSPS) is 11.7. The molecule has 4 aromatic rings. The Bertz CT molecular complexity index is 1240. The van der Waals surface area contributed by atoms with Gasteiger partial charge in [-0.3, -0.25) is 14.8 Å². The zero-order chi connectivity index (χ0) is 22.5. The quantitative estimate of drug-likeness (QED) is 0.173. The maximum absolute atomic E-state index is 11.8. The van der Waals surface area contributed by atoms with Gasteiger partial charge in [-0.25, -0.2) is 15.4 Å². The van der Waals surface area contributed by atoms with E-state index in [0.29, 0.717) is 11.3 Å². The highest BCUT2D eigenvalue weighted by Crippen LogP contribution is 2.29. The van der Waals surface area contributed by atoms with Crippen LogP contribution in [0.3, 0.4) is 0 Å². The fourth-order valence-electron chi connectivity index (χ4n) is 3.36. The first-order chi connectivity index (χ1) is 15.5. The summed E-state index contributed by atoms with van der Waals surface area (Å²) in [5.41, 5.74) is 5.60. The Labute approximate surface area is 183 Å². The van der Waals surface area contributed by atoms with E-state index in [0.717, 1.165) is 28.0 Å². The van der Waals surface area contributed by atoms with Gasteiger partial charge in [-0.1, -0.05) is 42.5 Å². The van der Waals surface area contributed by atoms with Gasteiger partial charge in [0.1, 0.15) is 24.2 Å². The summed E-state index contributed by atoms with van der Waals surface area (Å²) >= 11 is 0. The second-order valence-corrected chi connectivity index (χ2v) is 7.28. The van der Waals surface area contributed by atoms with Gasteiger partial charge in [0.15, 0.2) is 0 Å². The van der Waals surface area contributed by atoms with Gasteiger partial charge < -0.3 is 15.6 Å². The SMILES string of the molecule is C[C@@H](Nc1ncnc2[nH]c(-c3ccc(NC(=O)CC(=O)NO)cc3)cc12)c1ccccc1. The molecule has 2 aromatic heterocycles. The standard InChI is InChI=1S/C23H22N6O3/c1-14(15-5-3-2-4-6-15)26-22-18-11-19(28-23(18)25-13-24-22)16-7-9-17(10-8-16)27-20(30)12-21(31)29-32/h2-11,13-14,32H,12H2,1H3,(H,27,30)(H,29,31)(H2,24,25,26,28)/t14-/m1/s1. The lowest BCUT2D eigenvalue weighted by Crippen LogP contribution is -2.25. The third kappa shape index (κ3) is 4.73. The fourth-order valence-corrected chi connectivity index (χ4v) is 3.36. The van der Waals surface area contributed by atoms with Gasteiger partial charge in [0.05, 0.1) is 5.39 Å². The number of nitrogens with zero attached hydrogens (tertiary/aromatic N) is 2. The summed E-state index contributed by atoms with van der Waals surface area (Å²) in [6, 6.07) is 19.3. The van der Waals surface area contributed by atoms with Crippen LogP contribution in [0.4, 0.5) is 11.5 Å². The number of anilines is 2. The van der Waals surface area contributed by atoms with Crippen LogP contribution >= 0.6 is 0 Å². The van der Waals surface area contributed by atoms with Crippen molar-refractivity contribution < 1.29 is 14.8 Å². The Kier molecular flexibility index (Phi) is 6.09. The minimum Gasteiger partial charge on any atom is -0.363 e. The maximum Gasteiger partial charge on any atom is 0.252 e. The predicted molar refractivity (Wildman–Crippen MR) is 121 cm³/mol. The van der Waals surface area contributed by atoms with Crippen molar-refractivity contribution in [2.45, 2.75) is 19.4 Å². The molecule has 32 heavy (non-hydrogen) atoms. The van der Waals surface area contributed by atoms with Crippen LogP contribution in [0.25, 0.3) is 22.3 Å². The minimum absolute atomic E-state index is 0.0726. The molecule has 0 saturated carbocycles. The molecule has 0 aliphatic carbocycles. The summed E-state index contributed by atoms with van der Waals surface area (Å²) < 4.78 is 0. The van der Waals surface area contributed by atoms with Gasteiger partial charge in [-0.05, 0) is 36.2 Å². The number of carbonyl (C=O) groups excluding carboxylic acids is 2. The van der Waals surface area contributed by atoms with E-state index in [1.807, 2.05) is 36.4 Å². The summed E-state index contributed by atoms with van der Waals surface area (Å²) in [7, 11) is 0. The first-order valence-electron chi connectivity index (χ1n) is 10.0. The van der Waals surface area contributed by atoms with E-state index in [9.17, 15) is 9.59 Å². The Morgan fingerprint density at radius 2 is 1.78 bits per heavy atom. The monoisotopic (exact) mass is 430 g/mol. The van der Waals surface area contributed by atoms with E-state index < -0.39 is 18.2 Å². The fraction of sp³-hybridized carbons (Fsp3) is 0.130. The van der Waals surface area contributed by atoms with E-state index in [-0.39, 0.29) is 6.04 Å². The van der Waals surface area contributed by atoms with Crippen molar-refractivity contribution in [2.75, 3.05) is 10.6 Å². The summed E-state index contributed by atoms with van der Waals surface area (Å²) in [5, 5.41) is 15.4. The lowest BCUT2D eigenvalue weighted by Gasteiger charge is -2.15. The van der Waals surface area contributed by atoms with Crippen molar-refractivity contribution in [1.82, 2.24) is 20.4 Å². The molecule has 9 nitrogen and oxygen atoms in total. The van der Waals surface area contributed by atoms with Crippen LogP contribution in [0.5, 0.6) is 0 Å². The van der Waals surface area contributed by atoms with Gasteiger partial charge in [-0.15, -0.1) is 0 Å². The molecule has 4 rings (SSSR count). The maximum atomic E-state index is 11.8. The Balaban J connectivity index is 1.52. The molecule has 0 radical (unpaired) electrons. The number of aromatic nitrogens is 3. The molecule has 0 saturated heterocycles. The molecule has 0 unspecified atom stereocenters. The third-order valence-corrected chi connectivity index (χ3v) is 5.00. The molecule has 0 aliphatic rings. The lowest BCUT2D eigenvalue weighted by molar-refractivity contribution is -0.132. The molecule has 0 bridgehead atoms. The summed E-state index contributed by atoms with van der Waals surface area (Å²) in [6.45, 7) is 2.08. The number of hydroxylamine groups is 1. The van der Waals surface area contributed by atoms with E-state index in [1.54, 1.807) is 12.1 Å². The van der Waals surface area contributed by atoms with Gasteiger partial charge in [0.25, 0.3) is 5.91 Å². The zero-order valence-electron chi connectivity index (χ0n) is 17.3. The molecule has 0 aliphatic heterocycles. The molecule has 1 atom stereocenters.